The van der Waals surface area contributed by atoms with Gasteiger partial charge in [0.25, 0.3) is 8.96 Å². The summed E-state index contributed by atoms with van der Waals surface area (Å²) in [4.78, 5) is 123. The summed E-state index contributed by atoms with van der Waals surface area (Å²) in [6, 6.07) is 8.27. The van der Waals surface area contributed by atoms with E-state index in [2.05, 4.69) is 31.7 Å². The third-order valence-corrected chi connectivity index (χ3v) is 19.9. The first kappa shape index (κ1) is 59.0. The number of amides is 6. The van der Waals surface area contributed by atoms with Crippen molar-refractivity contribution in [3.63, 3.8) is 0 Å². The van der Waals surface area contributed by atoms with Gasteiger partial charge in [0.15, 0.2) is 4.74 Å². The summed E-state index contributed by atoms with van der Waals surface area (Å²) in [5.74, 6) is -2.18. The Kier molecular flexibility index (Phi) is 19.0. The molecule has 8 rings (SSSR count). The number of thioether (sulfide) groups is 1. The van der Waals surface area contributed by atoms with Gasteiger partial charge in [-0.25, -0.2) is 9.97 Å². The first-order valence-electron chi connectivity index (χ1n) is 28.2. The van der Waals surface area contributed by atoms with E-state index in [4.69, 9.17) is 9.72 Å². The van der Waals surface area contributed by atoms with E-state index in [0.717, 1.165) is 64.0 Å². The zero-order valence-electron chi connectivity index (χ0n) is 47.5. The third-order valence-electron chi connectivity index (χ3n) is 16.2. The second kappa shape index (κ2) is 25.5. The maximum Gasteiger partial charge on any atom is 0.270 e. The summed E-state index contributed by atoms with van der Waals surface area (Å²) in [6.45, 7) is 19.0. The molecule has 5 heterocycles. The molecule has 4 aliphatic rings. The Morgan fingerprint density at radius 1 is 0.861 bits per heavy atom. The van der Waals surface area contributed by atoms with Crippen LogP contribution >= 0.6 is 11.8 Å². The molecule has 2 bridgehead atoms. The number of likely N-dealkylation sites (N-methyl/N-ethyl adjacent to an activating group) is 2. The predicted molar refractivity (Wildman–Crippen MR) is 310 cm³/mol. The number of allylic oxidation sites excluding steroid dienone is 1. The van der Waals surface area contributed by atoms with E-state index in [0.29, 0.717) is 31.9 Å². The summed E-state index contributed by atoms with van der Waals surface area (Å²) in [6.07, 6.45) is 13.7. The van der Waals surface area contributed by atoms with E-state index in [1.807, 2.05) is 108 Å². The molecule has 0 spiro atoms. The van der Waals surface area contributed by atoms with E-state index in [9.17, 15) is 9.59 Å². The smallest absolute Gasteiger partial charge is 0.270 e. The minimum Gasteiger partial charge on any atom is -0.380 e. The number of carbonyl (C=O) groups excluding carboxylic acids is 7. The number of nitrogens with zero attached hydrogens (tertiary/aromatic N) is 6. The molecule has 79 heavy (non-hydrogen) atoms. The van der Waals surface area contributed by atoms with E-state index in [1.54, 1.807) is 32.1 Å². The Bertz CT molecular complexity index is 2970. The first-order chi connectivity index (χ1) is 37.6. The zero-order valence-corrected chi connectivity index (χ0v) is 49.3. The maximum atomic E-state index is 15.6. The average molecular weight is 1120 g/mol. The summed E-state index contributed by atoms with van der Waals surface area (Å²) in [5, 5.41) is 6.89. The number of rotatable bonds is 13. The molecule has 2 aromatic heterocycles. The Hall–Kier alpha value is -6.18. The SMILES string of the molecule is C=CC(C)(C)n1cc(CC2NC(=O)[C@H](CC3CCC3)NC(=O)C(CC(C)C)N3CC/C=C\C[C@@H](C3=O)N(C)C(=O)[C@H](C)SC(=O)[Si](Cc3ccc4nc(C5COC5)ncc4c3)NC(=O)[C@H](CC(C)C)N(C)C2=O)c2ccccc21. The Balaban J connectivity index is 1.22. The van der Waals surface area contributed by atoms with Crippen molar-refractivity contribution in [2.24, 2.45) is 17.8 Å². The molecule has 3 aliphatic heterocycles. The molecule has 6 atom stereocenters. The lowest BCUT2D eigenvalue weighted by atomic mass is 9.80. The summed E-state index contributed by atoms with van der Waals surface area (Å²) in [7, 11) is 0.496. The van der Waals surface area contributed by atoms with Gasteiger partial charge < -0.3 is 39.6 Å². The number of fused-ring (bicyclic) bond motifs is 4. The number of hydrogen-bond acceptors (Lipinski definition) is 11. The highest BCUT2D eigenvalue weighted by atomic mass is 32.2. The number of ether oxygens (including phenoxy) is 1. The van der Waals surface area contributed by atoms with Gasteiger partial charge >= 0.3 is 0 Å². The highest BCUT2D eigenvalue weighted by molar-refractivity contribution is 8.18. The van der Waals surface area contributed by atoms with Crippen molar-refractivity contribution in [1.29, 1.82) is 0 Å². The Morgan fingerprint density at radius 2 is 1.57 bits per heavy atom. The molecule has 3 N–H and O–H groups in total. The van der Waals surface area contributed by atoms with Crippen LogP contribution < -0.4 is 15.6 Å². The van der Waals surface area contributed by atoms with Crippen molar-refractivity contribution < 1.29 is 38.3 Å². The second-order valence-corrected chi connectivity index (χ2v) is 27.2. The lowest BCUT2D eigenvalue weighted by Gasteiger charge is -2.39. The van der Waals surface area contributed by atoms with E-state index >= 15 is 24.0 Å². The molecule has 2 aromatic carbocycles. The normalized spacial score (nSPS) is 24.9. The van der Waals surface area contributed by atoms with Crippen LogP contribution in [0.3, 0.4) is 0 Å². The molecule has 2 unspecified atom stereocenters. The standard InChI is InChI=1S/C60H80N9O8SSi/c1-11-60(7,8)69-32-42(44-20-14-15-21-48(44)69)30-47-57(74)67(10)50(26-36(2)3)55(72)65-79(35-40-23-24-45-41(28-40)31-61-52(62-45)43-33-77-34-43)59(76)78-38(6)56(73)66(9)49-22-13-12-16-25-68(58(49)75)51(27-37(4)5)54(71)63-46(53(70)64-47)29-39-18-17-19-39/h11-15,20-21,23-24,28,31-32,36-39,43,46-47,49-51H,1,16-19,22,25-27,29-30,33-35H2,2-10H3,(H,63,71)(H,64,70)(H,65,72)/b13-12-/t38-,46-,47?,49-,50-,51?/m0/s1. The van der Waals surface area contributed by atoms with Crippen molar-refractivity contribution in [1.82, 2.24) is 44.9 Å². The van der Waals surface area contributed by atoms with Crippen molar-refractivity contribution >= 4 is 82.7 Å². The van der Waals surface area contributed by atoms with Crippen LogP contribution in [0.15, 0.2) is 79.7 Å². The van der Waals surface area contributed by atoms with Crippen LogP contribution in [-0.4, -0.2) is 148 Å². The number of benzene rings is 2. The van der Waals surface area contributed by atoms with Crippen molar-refractivity contribution in [3.05, 3.63) is 96.6 Å². The molecule has 1 saturated carbocycles. The second-order valence-electron chi connectivity index (χ2n) is 23.5. The fourth-order valence-electron chi connectivity index (χ4n) is 11.1. The van der Waals surface area contributed by atoms with Gasteiger partial charge in [0.05, 0.1) is 35.4 Å². The van der Waals surface area contributed by atoms with Crippen LogP contribution in [0.25, 0.3) is 21.8 Å². The molecule has 4 aromatic rings. The van der Waals surface area contributed by atoms with Gasteiger partial charge in [-0.1, -0.05) is 101 Å². The molecule has 17 nitrogen and oxygen atoms in total. The zero-order chi connectivity index (χ0) is 56.9. The summed E-state index contributed by atoms with van der Waals surface area (Å²) >= 11 is 0.818. The molecule has 3 fully saturated rings. The first-order valence-corrected chi connectivity index (χ1v) is 30.8. The predicted octanol–water partition coefficient (Wildman–Crippen LogP) is 7.34. The Labute approximate surface area is 471 Å². The molecule has 6 amide bonds. The fourth-order valence-corrected chi connectivity index (χ4v) is 14.5. The molecule has 1 aliphatic carbocycles. The minimum absolute atomic E-state index is 0.0358. The van der Waals surface area contributed by atoms with Crippen LogP contribution in [0, 0.1) is 17.8 Å². The summed E-state index contributed by atoms with van der Waals surface area (Å²) < 4.78 is 7.08. The van der Waals surface area contributed by atoms with Gasteiger partial charge in [-0.05, 0) is 106 Å². The summed E-state index contributed by atoms with van der Waals surface area (Å²) in [5.41, 5.74) is 2.63. The lowest BCUT2D eigenvalue weighted by Crippen LogP contribution is -2.61. The highest BCUT2D eigenvalue weighted by Gasteiger charge is 2.43. The topological polar surface area (TPSA) is 205 Å². The van der Waals surface area contributed by atoms with Crippen LogP contribution in [0.4, 0.5) is 4.79 Å². The monoisotopic (exact) mass is 1110 g/mol. The van der Waals surface area contributed by atoms with Gasteiger partial charge in [-0.3, -0.25) is 33.6 Å². The van der Waals surface area contributed by atoms with Crippen molar-refractivity contribution in [2.45, 2.75) is 159 Å². The average Bonchev–Trinajstić information content (AvgIpc) is 3.76. The van der Waals surface area contributed by atoms with E-state index in [-0.39, 0.29) is 61.9 Å². The number of carbonyl (C=O) groups is 7. The number of hydrogen-bond donors (Lipinski definition) is 3. The van der Waals surface area contributed by atoms with Crippen molar-refractivity contribution in [2.75, 3.05) is 33.9 Å². The van der Waals surface area contributed by atoms with Crippen LogP contribution in [0.1, 0.15) is 123 Å². The van der Waals surface area contributed by atoms with Gasteiger partial charge in [0.2, 0.25) is 35.4 Å². The molecule has 2 saturated heterocycles. The van der Waals surface area contributed by atoms with Crippen LogP contribution in [-0.2, 0) is 51.5 Å². The molecule has 19 heteroatoms. The van der Waals surface area contributed by atoms with E-state index < -0.39 is 90.1 Å². The molecule has 1 radical (unpaired) electrons. The van der Waals surface area contributed by atoms with Crippen LogP contribution in [0.5, 0.6) is 0 Å². The molecule has 423 valence electrons. The number of para-hydroxylation sites is 1. The quantitative estimate of drug-likeness (QED) is 0.0893. The van der Waals surface area contributed by atoms with Gasteiger partial charge in [0, 0.05) is 55.7 Å². The number of aromatic nitrogens is 3. The van der Waals surface area contributed by atoms with Crippen LogP contribution in [0.2, 0.25) is 0 Å². The largest absolute Gasteiger partial charge is 0.380 e. The number of nitrogens with one attached hydrogen (secondary N) is 3. The Morgan fingerprint density at radius 3 is 2.24 bits per heavy atom. The maximum absolute atomic E-state index is 15.6. The molecular formula is C60H80N9O8SSi. The van der Waals surface area contributed by atoms with Gasteiger partial charge in [-0.15, -0.1) is 6.58 Å². The fraction of sp³-hybridized carbons (Fsp3) is 0.550. The molecular weight excluding hydrogens is 1030 g/mol. The van der Waals surface area contributed by atoms with Gasteiger partial charge in [0.1, 0.15) is 36.0 Å². The minimum atomic E-state index is -2.62. The van der Waals surface area contributed by atoms with Gasteiger partial charge in [-0.2, -0.15) is 0 Å². The van der Waals surface area contributed by atoms with E-state index in [1.165, 1.54) is 9.80 Å². The third kappa shape index (κ3) is 13.7. The lowest BCUT2D eigenvalue weighted by molar-refractivity contribution is -0.149. The highest BCUT2D eigenvalue weighted by Crippen LogP contribution is 2.33. The van der Waals surface area contributed by atoms with Crippen molar-refractivity contribution in [3.8, 4) is 0 Å².